The van der Waals surface area contributed by atoms with Gasteiger partial charge in [0.1, 0.15) is 0 Å². The van der Waals surface area contributed by atoms with Crippen LogP contribution in [0.15, 0.2) is 66.7 Å². The summed E-state index contributed by atoms with van der Waals surface area (Å²) in [4.78, 5) is 0. The highest BCUT2D eigenvalue weighted by atomic mass is 35.5. The van der Waals surface area contributed by atoms with Gasteiger partial charge in [-0.2, -0.15) is 0 Å². The van der Waals surface area contributed by atoms with Crippen LogP contribution < -0.4 is 5.32 Å². The topological polar surface area (TPSA) is 12.0 Å². The molecule has 24 heavy (non-hydrogen) atoms. The van der Waals surface area contributed by atoms with Gasteiger partial charge in [-0.1, -0.05) is 77.8 Å². The predicted molar refractivity (Wildman–Crippen MR) is 102 cm³/mol. The Morgan fingerprint density at radius 2 is 1.42 bits per heavy atom. The van der Waals surface area contributed by atoms with E-state index < -0.39 is 0 Å². The molecule has 0 heterocycles. The number of nitrogens with one attached hydrogen (secondary N) is 1. The molecule has 0 radical (unpaired) electrons. The van der Waals surface area contributed by atoms with E-state index in [-0.39, 0.29) is 12.1 Å². The SMILES string of the molecule is C[C@H](NC1c2ccccc2-c2ccccc21)c1ccc(Cl)cc1Cl. The molecule has 0 unspecified atom stereocenters. The summed E-state index contributed by atoms with van der Waals surface area (Å²) in [6.07, 6.45) is 0. The van der Waals surface area contributed by atoms with Gasteiger partial charge in [0, 0.05) is 16.1 Å². The van der Waals surface area contributed by atoms with Crippen LogP contribution in [0, 0.1) is 0 Å². The molecular formula is C21H17Cl2N. The molecule has 0 fully saturated rings. The van der Waals surface area contributed by atoms with Crippen molar-refractivity contribution in [1.82, 2.24) is 5.32 Å². The molecule has 1 atom stereocenters. The monoisotopic (exact) mass is 353 g/mol. The van der Waals surface area contributed by atoms with Crippen LogP contribution >= 0.6 is 23.2 Å². The van der Waals surface area contributed by atoms with Gasteiger partial charge in [-0.25, -0.2) is 0 Å². The van der Waals surface area contributed by atoms with Crippen molar-refractivity contribution in [2.24, 2.45) is 0 Å². The molecule has 0 aliphatic heterocycles. The number of hydrogen-bond acceptors (Lipinski definition) is 1. The number of rotatable bonds is 3. The third-order valence-corrected chi connectivity index (χ3v) is 5.24. The highest BCUT2D eigenvalue weighted by molar-refractivity contribution is 6.35. The fourth-order valence-corrected chi connectivity index (χ4v) is 4.10. The second kappa shape index (κ2) is 6.25. The van der Waals surface area contributed by atoms with Gasteiger partial charge in [-0.05, 0) is 46.9 Å². The lowest BCUT2D eigenvalue weighted by Gasteiger charge is -2.23. The summed E-state index contributed by atoms with van der Waals surface area (Å²) in [7, 11) is 0. The van der Waals surface area contributed by atoms with E-state index in [2.05, 4.69) is 60.8 Å². The standard InChI is InChI=1S/C21H17Cl2N/c1-13(15-11-10-14(22)12-20(15)23)24-21-18-8-4-2-6-16(18)17-7-3-5-9-19(17)21/h2-13,21,24H,1H3/t13-/m0/s1. The zero-order chi connectivity index (χ0) is 16.7. The lowest BCUT2D eigenvalue weighted by Crippen LogP contribution is -2.24. The zero-order valence-electron chi connectivity index (χ0n) is 13.3. The van der Waals surface area contributed by atoms with Crippen LogP contribution in [0.3, 0.4) is 0 Å². The third-order valence-electron chi connectivity index (χ3n) is 4.68. The average Bonchev–Trinajstić information content (AvgIpc) is 2.89. The first kappa shape index (κ1) is 15.7. The molecule has 0 saturated heterocycles. The lowest BCUT2D eigenvalue weighted by molar-refractivity contribution is 0.523. The minimum atomic E-state index is 0.110. The van der Waals surface area contributed by atoms with Gasteiger partial charge in [0.25, 0.3) is 0 Å². The van der Waals surface area contributed by atoms with Gasteiger partial charge in [0.05, 0.1) is 6.04 Å². The van der Waals surface area contributed by atoms with Crippen LogP contribution in [0.1, 0.15) is 35.7 Å². The van der Waals surface area contributed by atoms with Crippen molar-refractivity contribution in [2.75, 3.05) is 0 Å². The molecule has 1 aliphatic rings. The Labute approximate surface area is 152 Å². The number of fused-ring (bicyclic) bond motifs is 3. The molecule has 1 nitrogen and oxygen atoms in total. The Balaban J connectivity index is 1.72. The molecule has 0 aromatic heterocycles. The first-order valence-electron chi connectivity index (χ1n) is 8.04. The summed E-state index contributed by atoms with van der Waals surface area (Å²) in [6.45, 7) is 2.14. The number of benzene rings is 3. The van der Waals surface area contributed by atoms with Crippen LogP contribution in [0.4, 0.5) is 0 Å². The van der Waals surface area contributed by atoms with Crippen molar-refractivity contribution < 1.29 is 0 Å². The summed E-state index contributed by atoms with van der Waals surface area (Å²) >= 11 is 12.4. The molecule has 3 aromatic carbocycles. The molecule has 3 heteroatoms. The first-order valence-corrected chi connectivity index (χ1v) is 8.80. The van der Waals surface area contributed by atoms with E-state index in [0.29, 0.717) is 10.0 Å². The summed E-state index contributed by atoms with van der Waals surface area (Å²) in [5, 5.41) is 5.10. The molecule has 4 rings (SSSR count). The maximum Gasteiger partial charge on any atom is 0.0593 e. The lowest BCUT2D eigenvalue weighted by atomic mass is 10.0. The molecule has 3 aromatic rings. The molecule has 0 bridgehead atoms. The van der Waals surface area contributed by atoms with E-state index in [4.69, 9.17) is 23.2 Å². The highest BCUT2D eigenvalue weighted by Crippen LogP contribution is 2.44. The maximum absolute atomic E-state index is 6.39. The summed E-state index contributed by atoms with van der Waals surface area (Å²) < 4.78 is 0. The van der Waals surface area contributed by atoms with E-state index in [9.17, 15) is 0 Å². The van der Waals surface area contributed by atoms with Gasteiger partial charge in [-0.3, -0.25) is 5.32 Å². The molecule has 0 saturated carbocycles. The van der Waals surface area contributed by atoms with Crippen molar-refractivity contribution in [3.05, 3.63) is 93.5 Å². The van der Waals surface area contributed by atoms with Crippen LogP contribution in [-0.4, -0.2) is 0 Å². The second-order valence-electron chi connectivity index (χ2n) is 6.16. The fraction of sp³-hybridized carbons (Fsp3) is 0.143. The molecule has 1 aliphatic carbocycles. The molecular weight excluding hydrogens is 337 g/mol. The normalized spacial score (nSPS) is 14.3. The summed E-state index contributed by atoms with van der Waals surface area (Å²) in [6, 6.07) is 23.1. The molecule has 0 spiro atoms. The predicted octanol–water partition coefficient (Wildman–Crippen LogP) is 6.41. The van der Waals surface area contributed by atoms with E-state index in [1.165, 1.54) is 22.3 Å². The Bertz CT molecular complexity index is 858. The smallest absolute Gasteiger partial charge is 0.0593 e. The van der Waals surface area contributed by atoms with Gasteiger partial charge in [-0.15, -0.1) is 0 Å². The van der Waals surface area contributed by atoms with E-state index in [0.717, 1.165) is 5.56 Å². The van der Waals surface area contributed by atoms with Crippen molar-refractivity contribution in [2.45, 2.75) is 19.0 Å². The van der Waals surface area contributed by atoms with Gasteiger partial charge < -0.3 is 0 Å². The van der Waals surface area contributed by atoms with E-state index in [1.807, 2.05) is 12.1 Å². The van der Waals surface area contributed by atoms with Crippen molar-refractivity contribution in [3.63, 3.8) is 0 Å². The Hall–Kier alpha value is -1.80. The van der Waals surface area contributed by atoms with Gasteiger partial charge in [0.15, 0.2) is 0 Å². The van der Waals surface area contributed by atoms with Gasteiger partial charge >= 0.3 is 0 Å². The Morgan fingerprint density at radius 3 is 2.00 bits per heavy atom. The quantitative estimate of drug-likeness (QED) is 0.573. The molecule has 0 amide bonds. The van der Waals surface area contributed by atoms with Crippen LogP contribution in [0.5, 0.6) is 0 Å². The zero-order valence-corrected chi connectivity index (χ0v) is 14.8. The molecule has 120 valence electrons. The second-order valence-corrected chi connectivity index (χ2v) is 7.01. The van der Waals surface area contributed by atoms with Crippen LogP contribution in [-0.2, 0) is 0 Å². The molecule has 1 N–H and O–H groups in total. The Morgan fingerprint density at radius 1 is 0.833 bits per heavy atom. The maximum atomic E-state index is 6.39. The van der Waals surface area contributed by atoms with Crippen molar-refractivity contribution >= 4 is 23.2 Å². The summed E-state index contributed by atoms with van der Waals surface area (Å²) in [5.41, 5.74) is 6.30. The van der Waals surface area contributed by atoms with Crippen molar-refractivity contribution in [3.8, 4) is 11.1 Å². The largest absolute Gasteiger partial charge is 0.300 e. The average molecular weight is 354 g/mol. The number of halogens is 2. The minimum absolute atomic E-state index is 0.110. The van der Waals surface area contributed by atoms with Gasteiger partial charge in [0.2, 0.25) is 0 Å². The number of hydrogen-bond donors (Lipinski definition) is 1. The Kier molecular flexibility index (Phi) is 4.09. The van der Waals surface area contributed by atoms with Crippen LogP contribution in [0.2, 0.25) is 10.0 Å². The van der Waals surface area contributed by atoms with Crippen molar-refractivity contribution in [1.29, 1.82) is 0 Å². The van der Waals surface area contributed by atoms with E-state index in [1.54, 1.807) is 6.07 Å². The van der Waals surface area contributed by atoms with Crippen LogP contribution in [0.25, 0.3) is 11.1 Å². The van der Waals surface area contributed by atoms with E-state index >= 15 is 0 Å². The summed E-state index contributed by atoms with van der Waals surface area (Å²) in [5.74, 6) is 0. The highest BCUT2D eigenvalue weighted by Gasteiger charge is 2.29. The fourth-order valence-electron chi connectivity index (χ4n) is 3.53. The first-order chi connectivity index (χ1) is 11.6. The minimum Gasteiger partial charge on any atom is -0.300 e. The third kappa shape index (κ3) is 2.63.